The fourth-order valence-corrected chi connectivity index (χ4v) is 3.61. The van der Waals surface area contributed by atoms with E-state index < -0.39 is 0 Å². The van der Waals surface area contributed by atoms with E-state index in [0.29, 0.717) is 5.92 Å². The summed E-state index contributed by atoms with van der Waals surface area (Å²) in [6.45, 7) is 7.61. The van der Waals surface area contributed by atoms with Crippen molar-refractivity contribution in [2.45, 2.75) is 39.5 Å². The third-order valence-electron chi connectivity index (χ3n) is 4.26. The molecule has 0 aromatic carbocycles. The standard InChI is InChI=1S/C18H23N3OS/c1-18(2,3)17(22)21-10-7-13(8-11-21)14-5-4-6-15(20-14)16-19-9-12-23-16/h4-6,9,12-13H,7-8,10-11H2,1-3H3. The first-order valence-corrected chi connectivity index (χ1v) is 8.99. The summed E-state index contributed by atoms with van der Waals surface area (Å²) in [5.74, 6) is 0.680. The largest absolute Gasteiger partial charge is 0.342 e. The fourth-order valence-electron chi connectivity index (χ4n) is 3.00. The maximum atomic E-state index is 12.4. The van der Waals surface area contributed by atoms with Gasteiger partial charge < -0.3 is 4.90 Å². The van der Waals surface area contributed by atoms with Gasteiger partial charge in [-0.25, -0.2) is 4.98 Å². The van der Waals surface area contributed by atoms with Gasteiger partial charge in [0.15, 0.2) is 0 Å². The predicted octanol–water partition coefficient (Wildman–Crippen LogP) is 3.96. The lowest BCUT2D eigenvalue weighted by atomic mass is 9.89. The van der Waals surface area contributed by atoms with Crippen LogP contribution in [0, 0.1) is 5.41 Å². The van der Waals surface area contributed by atoms with Crippen molar-refractivity contribution in [3.8, 4) is 10.7 Å². The Labute approximate surface area is 141 Å². The lowest BCUT2D eigenvalue weighted by Gasteiger charge is -2.35. The number of carbonyl (C=O) groups is 1. The molecule has 1 saturated heterocycles. The molecule has 1 amide bonds. The quantitative estimate of drug-likeness (QED) is 0.838. The number of aromatic nitrogens is 2. The maximum absolute atomic E-state index is 12.4. The number of amides is 1. The molecule has 1 aliphatic heterocycles. The molecule has 4 nitrogen and oxygen atoms in total. The highest BCUT2D eigenvalue weighted by Gasteiger charge is 2.31. The summed E-state index contributed by atoms with van der Waals surface area (Å²) in [7, 11) is 0. The first kappa shape index (κ1) is 16.1. The topological polar surface area (TPSA) is 46.1 Å². The Bertz CT molecular complexity index is 668. The molecule has 122 valence electrons. The molecule has 1 fully saturated rings. The van der Waals surface area contributed by atoms with Crippen LogP contribution < -0.4 is 0 Å². The summed E-state index contributed by atoms with van der Waals surface area (Å²) in [4.78, 5) is 23.5. The smallest absolute Gasteiger partial charge is 0.227 e. The molecule has 0 saturated carbocycles. The van der Waals surface area contributed by atoms with Gasteiger partial charge >= 0.3 is 0 Å². The number of carbonyl (C=O) groups excluding carboxylic acids is 1. The molecule has 2 aromatic rings. The van der Waals surface area contributed by atoms with E-state index in [1.165, 1.54) is 0 Å². The molecule has 2 aromatic heterocycles. The van der Waals surface area contributed by atoms with Gasteiger partial charge in [-0.1, -0.05) is 26.8 Å². The van der Waals surface area contributed by atoms with Crippen LogP contribution in [0.1, 0.15) is 45.2 Å². The molecular formula is C18H23N3OS. The van der Waals surface area contributed by atoms with Crippen molar-refractivity contribution in [1.82, 2.24) is 14.9 Å². The number of nitrogens with zero attached hydrogens (tertiary/aromatic N) is 3. The van der Waals surface area contributed by atoms with Crippen molar-refractivity contribution in [3.05, 3.63) is 35.5 Å². The van der Waals surface area contributed by atoms with Crippen LogP contribution >= 0.6 is 11.3 Å². The normalized spacial score (nSPS) is 16.6. The maximum Gasteiger partial charge on any atom is 0.227 e. The number of piperidine rings is 1. The number of rotatable bonds is 2. The second-order valence-electron chi connectivity index (χ2n) is 7.10. The molecule has 0 unspecified atom stereocenters. The Morgan fingerprint density at radius 3 is 2.61 bits per heavy atom. The average Bonchev–Trinajstić information content (AvgIpc) is 3.08. The van der Waals surface area contributed by atoms with Gasteiger partial charge in [-0.15, -0.1) is 11.3 Å². The molecule has 0 aliphatic carbocycles. The summed E-state index contributed by atoms with van der Waals surface area (Å²) in [6.07, 6.45) is 3.78. The van der Waals surface area contributed by atoms with Crippen LogP contribution in [0.2, 0.25) is 0 Å². The lowest BCUT2D eigenvalue weighted by molar-refractivity contribution is -0.140. The second kappa shape index (κ2) is 6.40. The van der Waals surface area contributed by atoms with Crippen LogP contribution in [0.5, 0.6) is 0 Å². The molecule has 0 spiro atoms. The van der Waals surface area contributed by atoms with Crippen LogP contribution in [-0.2, 0) is 4.79 Å². The first-order chi connectivity index (χ1) is 10.9. The first-order valence-electron chi connectivity index (χ1n) is 8.11. The highest BCUT2D eigenvalue weighted by Crippen LogP contribution is 2.30. The SMILES string of the molecule is CC(C)(C)C(=O)N1CCC(c2cccc(-c3nccs3)n2)CC1. The second-order valence-corrected chi connectivity index (χ2v) is 8.00. The van der Waals surface area contributed by atoms with Crippen LogP contribution in [0.4, 0.5) is 0 Å². The van der Waals surface area contributed by atoms with Crippen molar-refractivity contribution in [2.75, 3.05) is 13.1 Å². The Balaban J connectivity index is 1.69. The monoisotopic (exact) mass is 329 g/mol. The minimum Gasteiger partial charge on any atom is -0.342 e. The number of pyridine rings is 1. The van der Waals surface area contributed by atoms with Gasteiger partial charge in [0.25, 0.3) is 0 Å². The summed E-state index contributed by atoms with van der Waals surface area (Å²) in [5.41, 5.74) is 1.78. The van der Waals surface area contributed by atoms with Crippen molar-refractivity contribution < 1.29 is 4.79 Å². The highest BCUT2D eigenvalue weighted by atomic mass is 32.1. The molecule has 5 heteroatoms. The van der Waals surface area contributed by atoms with Gasteiger partial charge in [-0.05, 0) is 25.0 Å². The van der Waals surface area contributed by atoms with Gasteiger partial charge in [-0.2, -0.15) is 0 Å². The van der Waals surface area contributed by atoms with Crippen LogP contribution in [0.3, 0.4) is 0 Å². The van der Waals surface area contributed by atoms with E-state index in [0.717, 1.165) is 42.3 Å². The molecule has 1 aliphatic rings. The van der Waals surface area contributed by atoms with E-state index in [4.69, 9.17) is 4.98 Å². The van der Waals surface area contributed by atoms with Crippen LogP contribution in [0.25, 0.3) is 10.7 Å². The third-order valence-corrected chi connectivity index (χ3v) is 5.06. The van der Waals surface area contributed by atoms with E-state index in [-0.39, 0.29) is 11.3 Å². The molecule has 0 N–H and O–H groups in total. The average molecular weight is 329 g/mol. The fraction of sp³-hybridized carbons (Fsp3) is 0.500. The van der Waals surface area contributed by atoms with E-state index in [1.54, 1.807) is 11.3 Å². The zero-order valence-electron chi connectivity index (χ0n) is 14.0. The van der Waals surface area contributed by atoms with Crippen molar-refractivity contribution in [3.63, 3.8) is 0 Å². The van der Waals surface area contributed by atoms with Crippen molar-refractivity contribution >= 4 is 17.2 Å². The zero-order valence-corrected chi connectivity index (χ0v) is 14.8. The van der Waals surface area contributed by atoms with Gasteiger partial charge in [0, 0.05) is 41.7 Å². The summed E-state index contributed by atoms with van der Waals surface area (Å²) < 4.78 is 0. The zero-order chi connectivity index (χ0) is 16.4. The lowest BCUT2D eigenvalue weighted by Crippen LogP contribution is -2.43. The van der Waals surface area contributed by atoms with E-state index in [1.807, 2.05) is 43.3 Å². The van der Waals surface area contributed by atoms with Gasteiger partial charge in [0.05, 0.1) is 5.69 Å². The predicted molar refractivity (Wildman–Crippen MR) is 93.4 cm³/mol. The number of hydrogen-bond acceptors (Lipinski definition) is 4. The van der Waals surface area contributed by atoms with Crippen LogP contribution in [-0.4, -0.2) is 33.9 Å². The Kier molecular flexibility index (Phi) is 4.48. The molecule has 3 rings (SSSR count). The van der Waals surface area contributed by atoms with E-state index in [2.05, 4.69) is 17.1 Å². The van der Waals surface area contributed by atoms with E-state index in [9.17, 15) is 4.79 Å². The molecule has 23 heavy (non-hydrogen) atoms. The molecule has 0 bridgehead atoms. The van der Waals surface area contributed by atoms with Crippen molar-refractivity contribution in [1.29, 1.82) is 0 Å². The highest BCUT2D eigenvalue weighted by molar-refractivity contribution is 7.13. The summed E-state index contributed by atoms with van der Waals surface area (Å²) in [5, 5.41) is 2.94. The Morgan fingerprint density at radius 1 is 1.26 bits per heavy atom. The molecular weight excluding hydrogens is 306 g/mol. The molecule has 0 radical (unpaired) electrons. The minimum atomic E-state index is -0.296. The molecule has 3 heterocycles. The van der Waals surface area contributed by atoms with Gasteiger partial charge in [-0.3, -0.25) is 9.78 Å². The minimum absolute atomic E-state index is 0.250. The van der Waals surface area contributed by atoms with Crippen molar-refractivity contribution in [2.24, 2.45) is 5.41 Å². The Morgan fingerprint density at radius 2 is 2.00 bits per heavy atom. The Hall–Kier alpha value is -1.75. The number of likely N-dealkylation sites (tertiary alicyclic amines) is 1. The third kappa shape index (κ3) is 3.61. The van der Waals surface area contributed by atoms with Gasteiger partial charge in [0.1, 0.15) is 5.01 Å². The van der Waals surface area contributed by atoms with E-state index >= 15 is 0 Å². The number of thiazole rings is 1. The molecule has 0 atom stereocenters. The summed E-state index contributed by atoms with van der Waals surface area (Å²) >= 11 is 1.61. The van der Waals surface area contributed by atoms with Gasteiger partial charge in [0.2, 0.25) is 5.91 Å². The summed E-state index contributed by atoms with van der Waals surface area (Å²) in [6, 6.07) is 6.18. The number of hydrogen-bond donors (Lipinski definition) is 0. The van der Waals surface area contributed by atoms with Crippen LogP contribution in [0.15, 0.2) is 29.8 Å².